The van der Waals surface area contributed by atoms with Gasteiger partial charge in [0.25, 0.3) is 0 Å². The summed E-state index contributed by atoms with van der Waals surface area (Å²) in [5, 5.41) is 9.58. The molecule has 0 rings (SSSR count). The van der Waals surface area contributed by atoms with Crippen molar-refractivity contribution in [1.82, 2.24) is 0 Å². The van der Waals surface area contributed by atoms with E-state index < -0.39 is 6.10 Å². The van der Waals surface area contributed by atoms with E-state index in [4.69, 9.17) is 9.47 Å². The summed E-state index contributed by atoms with van der Waals surface area (Å²) in [6.07, 6.45) is 66.9. The zero-order valence-corrected chi connectivity index (χ0v) is 35.6. The fourth-order valence-corrected chi connectivity index (χ4v) is 5.42. The van der Waals surface area contributed by atoms with Crippen molar-refractivity contribution in [1.29, 1.82) is 0 Å². The van der Waals surface area contributed by atoms with E-state index in [1.54, 1.807) is 0 Å². The Bertz CT molecular complexity index is 1190. The zero-order chi connectivity index (χ0) is 40.7. The summed E-state index contributed by atoms with van der Waals surface area (Å²) in [5.74, 6) is -0.671. The van der Waals surface area contributed by atoms with E-state index in [1.807, 2.05) is 0 Å². The van der Waals surface area contributed by atoms with Gasteiger partial charge in [-0.05, 0) is 109 Å². The highest BCUT2D eigenvalue weighted by atomic mass is 16.6. The molecule has 1 atom stereocenters. The van der Waals surface area contributed by atoms with E-state index in [0.29, 0.717) is 12.8 Å². The first kappa shape index (κ1) is 52.3. The molecule has 56 heavy (non-hydrogen) atoms. The molecule has 0 aliphatic rings. The average molecular weight is 773 g/mol. The smallest absolute Gasteiger partial charge is 0.306 e. The molecule has 0 aliphatic carbocycles. The van der Waals surface area contributed by atoms with E-state index in [-0.39, 0.29) is 31.6 Å². The molecule has 1 N–H and O–H groups in total. The second-order valence-electron chi connectivity index (χ2n) is 14.0. The molecule has 0 saturated heterocycles. The van der Waals surface area contributed by atoms with Crippen LogP contribution in [-0.2, 0) is 19.1 Å². The lowest BCUT2D eigenvalue weighted by Gasteiger charge is -2.15. The summed E-state index contributed by atoms with van der Waals surface area (Å²) < 4.78 is 10.6. The molecule has 0 spiro atoms. The van der Waals surface area contributed by atoms with Crippen LogP contribution in [0.4, 0.5) is 0 Å². The van der Waals surface area contributed by atoms with Gasteiger partial charge in [-0.15, -0.1) is 0 Å². The maximum Gasteiger partial charge on any atom is 0.306 e. The molecule has 0 aliphatic heterocycles. The highest BCUT2D eigenvalue weighted by Crippen LogP contribution is 2.10. The minimum atomic E-state index is -0.810. The van der Waals surface area contributed by atoms with Gasteiger partial charge in [0, 0.05) is 12.8 Å². The maximum absolute atomic E-state index is 12.2. The highest BCUT2D eigenvalue weighted by molar-refractivity contribution is 5.70. The number of unbranched alkanes of at least 4 members (excludes halogenated alkanes) is 10. The summed E-state index contributed by atoms with van der Waals surface area (Å²) >= 11 is 0. The van der Waals surface area contributed by atoms with Gasteiger partial charge in [0.05, 0.1) is 6.61 Å². The van der Waals surface area contributed by atoms with E-state index in [1.165, 1.54) is 32.1 Å². The molecule has 0 saturated carbocycles. The maximum atomic E-state index is 12.2. The number of carbonyl (C=O) groups is 2. The largest absolute Gasteiger partial charge is 0.462 e. The lowest BCUT2D eigenvalue weighted by molar-refractivity contribution is -0.161. The fraction of sp³-hybridized carbons (Fsp3) is 0.569. The summed E-state index contributed by atoms with van der Waals surface area (Å²) in [6, 6.07) is 0. The van der Waals surface area contributed by atoms with Crippen molar-refractivity contribution >= 4 is 11.9 Å². The molecule has 0 fully saturated rings. The number of allylic oxidation sites excluding steroid dienone is 20. The van der Waals surface area contributed by atoms with Crippen LogP contribution < -0.4 is 0 Å². The third-order valence-electron chi connectivity index (χ3n) is 8.74. The normalized spacial score (nSPS) is 13.4. The Balaban J connectivity index is 3.73. The van der Waals surface area contributed by atoms with Crippen molar-refractivity contribution in [2.24, 2.45) is 0 Å². The highest BCUT2D eigenvalue weighted by Gasteiger charge is 2.16. The van der Waals surface area contributed by atoms with Crippen LogP contribution in [0.25, 0.3) is 0 Å². The first-order valence-electron chi connectivity index (χ1n) is 22.1. The molecular formula is C51H80O5. The summed E-state index contributed by atoms with van der Waals surface area (Å²) in [5.41, 5.74) is 0. The molecule has 0 amide bonds. The fourth-order valence-electron chi connectivity index (χ4n) is 5.42. The van der Waals surface area contributed by atoms with Crippen LogP contribution in [-0.4, -0.2) is 36.4 Å². The molecule has 314 valence electrons. The van der Waals surface area contributed by atoms with E-state index in [2.05, 4.69) is 135 Å². The van der Waals surface area contributed by atoms with Gasteiger partial charge in [-0.25, -0.2) is 0 Å². The van der Waals surface area contributed by atoms with Gasteiger partial charge in [-0.2, -0.15) is 0 Å². The Morgan fingerprint density at radius 2 is 0.768 bits per heavy atom. The Morgan fingerprint density at radius 1 is 0.429 bits per heavy atom. The molecule has 0 aromatic heterocycles. The third-order valence-corrected chi connectivity index (χ3v) is 8.74. The van der Waals surface area contributed by atoms with Crippen LogP contribution >= 0.6 is 0 Å². The van der Waals surface area contributed by atoms with Crippen molar-refractivity contribution in [3.05, 3.63) is 122 Å². The number of hydrogen-bond acceptors (Lipinski definition) is 5. The van der Waals surface area contributed by atoms with Gasteiger partial charge in [0.1, 0.15) is 6.61 Å². The van der Waals surface area contributed by atoms with Crippen molar-refractivity contribution in [3.8, 4) is 0 Å². The number of esters is 2. The number of rotatable bonds is 38. The lowest BCUT2D eigenvalue weighted by atomic mass is 10.1. The first-order chi connectivity index (χ1) is 27.6. The molecule has 5 heteroatoms. The second-order valence-corrected chi connectivity index (χ2v) is 14.0. The van der Waals surface area contributed by atoms with Crippen LogP contribution in [0.5, 0.6) is 0 Å². The summed E-state index contributed by atoms with van der Waals surface area (Å²) in [6.45, 7) is 3.93. The Hall–Kier alpha value is -3.70. The van der Waals surface area contributed by atoms with Crippen LogP contribution in [0.15, 0.2) is 122 Å². The minimum Gasteiger partial charge on any atom is -0.462 e. The third kappa shape index (κ3) is 43.0. The van der Waals surface area contributed by atoms with Crippen LogP contribution in [0.2, 0.25) is 0 Å². The van der Waals surface area contributed by atoms with E-state index in [0.717, 1.165) is 103 Å². The van der Waals surface area contributed by atoms with Gasteiger partial charge in [-0.3, -0.25) is 9.59 Å². The lowest BCUT2D eigenvalue weighted by Crippen LogP contribution is -2.28. The number of ether oxygens (including phenoxy) is 2. The minimum absolute atomic E-state index is 0.0995. The van der Waals surface area contributed by atoms with Crippen LogP contribution in [0, 0.1) is 0 Å². The van der Waals surface area contributed by atoms with Gasteiger partial charge >= 0.3 is 11.9 Å². The molecule has 0 heterocycles. The van der Waals surface area contributed by atoms with E-state index >= 15 is 0 Å². The van der Waals surface area contributed by atoms with Gasteiger partial charge < -0.3 is 14.6 Å². The zero-order valence-electron chi connectivity index (χ0n) is 35.6. The number of aliphatic hydroxyl groups is 1. The van der Waals surface area contributed by atoms with Crippen molar-refractivity contribution in [3.63, 3.8) is 0 Å². The molecule has 1 unspecified atom stereocenters. The SMILES string of the molecule is CC/C=C\C/C=C\C/C=C\C/C=C\C/C=C\C/C=C\C/C=C\C/C=C\CCCCC(=O)OC(CO)COC(=O)CCCCCCC/C=C\C/C=C\CCCCC. The predicted octanol–water partition coefficient (Wildman–Crippen LogP) is 14.4. The molecular weight excluding hydrogens is 693 g/mol. The quantitative estimate of drug-likeness (QED) is 0.0384. The van der Waals surface area contributed by atoms with Gasteiger partial charge in [0.2, 0.25) is 0 Å². The Labute approximate surface area is 343 Å². The summed E-state index contributed by atoms with van der Waals surface area (Å²) in [4.78, 5) is 24.3. The second kappa shape index (κ2) is 45.7. The van der Waals surface area contributed by atoms with Crippen molar-refractivity contribution in [2.45, 2.75) is 174 Å². The average Bonchev–Trinajstić information content (AvgIpc) is 3.20. The number of carbonyl (C=O) groups excluding carboxylic acids is 2. The molecule has 0 radical (unpaired) electrons. The molecule has 5 nitrogen and oxygen atoms in total. The molecule has 0 aromatic rings. The standard InChI is InChI=1S/C51H80O5/c1-3-5-7-9-11-13-15-17-19-20-21-22-23-24-25-26-27-28-29-30-32-34-36-38-40-42-44-46-51(54)56-49(47-52)48-55-50(53)45-43-41-39-37-35-33-31-18-16-14-12-10-8-6-4-2/h5,7,11-14,17-19,21-22,24-25,27-28,30-32,36,38,49,52H,3-4,6,8-10,15-16,20,23,26,29,33-35,37,39-48H2,1-2H3/b7-5-,13-11-,14-12-,19-17-,22-21-,25-24-,28-27-,31-18-,32-30-,38-36-. The summed E-state index contributed by atoms with van der Waals surface area (Å²) in [7, 11) is 0. The first-order valence-corrected chi connectivity index (χ1v) is 22.1. The molecule has 0 aromatic carbocycles. The molecule has 0 bridgehead atoms. The predicted molar refractivity (Wildman–Crippen MR) is 241 cm³/mol. The monoisotopic (exact) mass is 773 g/mol. The Morgan fingerprint density at radius 3 is 1.20 bits per heavy atom. The van der Waals surface area contributed by atoms with Crippen molar-refractivity contribution < 1.29 is 24.2 Å². The Kier molecular flexibility index (Phi) is 42.7. The number of hydrogen-bond donors (Lipinski definition) is 1. The van der Waals surface area contributed by atoms with E-state index in [9.17, 15) is 14.7 Å². The van der Waals surface area contributed by atoms with Gasteiger partial charge in [0.15, 0.2) is 6.10 Å². The van der Waals surface area contributed by atoms with Gasteiger partial charge in [-0.1, -0.05) is 167 Å². The topological polar surface area (TPSA) is 72.8 Å². The van der Waals surface area contributed by atoms with Crippen molar-refractivity contribution in [2.75, 3.05) is 13.2 Å². The number of aliphatic hydroxyl groups excluding tert-OH is 1. The van der Waals surface area contributed by atoms with Crippen LogP contribution in [0.3, 0.4) is 0 Å². The van der Waals surface area contributed by atoms with Crippen LogP contribution in [0.1, 0.15) is 168 Å².